The second kappa shape index (κ2) is 9.32. The summed E-state index contributed by atoms with van der Waals surface area (Å²) < 4.78 is 9.04. The van der Waals surface area contributed by atoms with E-state index in [1.807, 2.05) is 23.5 Å². The molecule has 0 aliphatic heterocycles. The zero-order chi connectivity index (χ0) is 30.6. The minimum Gasteiger partial charge on any atom is -0.456 e. The smallest absolute Gasteiger partial charge is 0.137 e. The van der Waals surface area contributed by atoms with Gasteiger partial charge < -0.3 is 9.32 Å². The molecule has 0 bridgehead atoms. The average molecular weight is 608 g/mol. The van der Waals surface area contributed by atoms with Crippen LogP contribution in [0.3, 0.4) is 0 Å². The summed E-state index contributed by atoms with van der Waals surface area (Å²) >= 11 is 1.87. The molecule has 2 heterocycles. The summed E-state index contributed by atoms with van der Waals surface area (Å²) in [7, 11) is 0. The van der Waals surface area contributed by atoms with Crippen LogP contribution in [0, 0.1) is 0 Å². The van der Waals surface area contributed by atoms with Crippen molar-refractivity contribution in [2.75, 3.05) is 4.90 Å². The number of benzene rings is 7. The summed E-state index contributed by atoms with van der Waals surface area (Å²) in [6.07, 6.45) is 0. The summed E-state index contributed by atoms with van der Waals surface area (Å²) in [5, 5.41) is 7.47. The Labute approximate surface area is 270 Å². The van der Waals surface area contributed by atoms with Crippen LogP contribution in [0.5, 0.6) is 0 Å². The zero-order valence-corrected chi connectivity index (χ0v) is 26.4. The fourth-order valence-electron chi connectivity index (χ4n) is 7.83. The molecule has 3 heteroatoms. The number of fused-ring (bicyclic) bond motifs is 11. The Bertz CT molecular complexity index is 2690. The quantitative estimate of drug-likeness (QED) is 0.199. The zero-order valence-electron chi connectivity index (χ0n) is 25.5. The van der Waals surface area contributed by atoms with Gasteiger partial charge in [0, 0.05) is 59.5 Å². The highest BCUT2D eigenvalue weighted by molar-refractivity contribution is 7.26. The van der Waals surface area contributed by atoms with Crippen LogP contribution in [0.25, 0.3) is 64.0 Å². The van der Waals surface area contributed by atoms with Crippen molar-refractivity contribution in [1.82, 2.24) is 0 Å². The third-order valence-electron chi connectivity index (χ3n) is 10.0. The molecule has 46 heavy (non-hydrogen) atoms. The first-order valence-electron chi connectivity index (χ1n) is 15.8. The molecule has 10 rings (SSSR count). The van der Waals surface area contributed by atoms with Crippen LogP contribution < -0.4 is 4.90 Å². The van der Waals surface area contributed by atoms with Crippen LogP contribution in [0.15, 0.2) is 144 Å². The van der Waals surface area contributed by atoms with E-state index in [1.54, 1.807) is 0 Å². The molecule has 9 aromatic rings. The second-order valence-corrected chi connectivity index (χ2v) is 14.0. The maximum atomic E-state index is 6.39. The minimum absolute atomic E-state index is 0.0416. The van der Waals surface area contributed by atoms with Crippen molar-refractivity contribution in [1.29, 1.82) is 0 Å². The number of hydrogen-bond donors (Lipinski definition) is 0. The fourth-order valence-corrected chi connectivity index (χ4v) is 8.95. The van der Waals surface area contributed by atoms with Gasteiger partial charge in [-0.3, -0.25) is 0 Å². The van der Waals surface area contributed by atoms with Gasteiger partial charge in [-0.1, -0.05) is 92.7 Å². The first-order valence-corrected chi connectivity index (χ1v) is 16.7. The molecule has 1 aliphatic rings. The van der Waals surface area contributed by atoms with Crippen LogP contribution in [0.1, 0.15) is 25.0 Å². The van der Waals surface area contributed by atoms with Gasteiger partial charge in [0.05, 0.1) is 0 Å². The van der Waals surface area contributed by atoms with E-state index in [0.29, 0.717) is 0 Å². The van der Waals surface area contributed by atoms with Crippen LogP contribution in [-0.4, -0.2) is 0 Å². The predicted octanol–water partition coefficient (Wildman–Crippen LogP) is 12.9. The normalized spacial score (nSPS) is 13.6. The number of nitrogens with zero attached hydrogens (tertiary/aromatic N) is 1. The lowest BCUT2D eigenvalue weighted by Gasteiger charge is -2.27. The molecule has 0 fully saturated rings. The second-order valence-electron chi connectivity index (χ2n) is 13.0. The summed E-state index contributed by atoms with van der Waals surface area (Å²) in [6, 6.07) is 51.0. The molecular formula is C43H29NOS. The van der Waals surface area contributed by atoms with Gasteiger partial charge in [0.15, 0.2) is 0 Å². The molecule has 0 N–H and O–H groups in total. The highest BCUT2D eigenvalue weighted by Crippen LogP contribution is 2.51. The molecule has 0 radical (unpaired) electrons. The van der Waals surface area contributed by atoms with E-state index in [1.165, 1.54) is 53.2 Å². The van der Waals surface area contributed by atoms with Gasteiger partial charge in [-0.25, -0.2) is 0 Å². The van der Waals surface area contributed by atoms with Gasteiger partial charge in [0.1, 0.15) is 11.2 Å². The van der Waals surface area contributed by atoms with Gasteiger partial charge in [0.25, 0.3) is 0 Å². The molecule has 218 valence electrons. The minimum atomic E-state index is -0.0416. The van der Waals surface area contributed by atoms with Crippen molar-refractivity contribution in [2.24, 2.45) is 0 Å². The lowest BCUT2D eigenvalue weighted by Crippen LogP contribution is -2.15. The van der Waals surface area contributed by atoms with E-state index in [2.05, 4.69) is 146 Å². The van der Waals surface area contributed by atoms with Gasteiger partial charge in [0.2, 0.25) is 0 Å². The molecule has 2 nitrogen and oxygen atoms in total. The Morgan fingerprint density at radius 1 is 0.500 bits per heavy atom. The first-order chi connectivity index (χ1) is 22.5. The van der Waals surface area contributed by atoms with Crippen molar-refractivity contribution in [3.8, 4) is 11.1 Å². The van der Waals surface area contributed by atoms with Crippen molar-refractivity contribution < 1.29 is 4.42 Å². The van der Waals surface area contributed by atoms with E-state index in [0.717, 1.165) is 39.0 Å². The van der Waals surface area contributed by atoms with Crippen LogP contribution >= 0.6 is 11.3 Å². The predicted molar refractivity (Wildman–Crippen MR) is 196 cm³/mol. The molecule has 0 amide bonds. The Kier molecular flexibility index (Phi) is 5.25. The van der Waals surface area contributed by atoms with E-state index >= 15 is 0 Å². The Hall–Kier alpha value is -5.38. The lowest BCUT2D eigenvalue weighted by molar-refractivity contribution is 0.660. The number of anilines is 3. The van der Waals surface area contributed by atoms with Crippen LogP contribution in [0.4, 0.5) is 17.1 Å². The highest BCUT2D eigenvalue weighted by Gasteiger charge is 2.35. The number of hydrogen-bond acceptors (Lipinski definition) is 3. The maximum absolute atomic E-state index is 6.39. The van der Waals surface area contributed by atoms with Crippen molar-refractivity contribution in [3.05, 3.63) is 151 Å². The Balaban J connectivity index is 1.21. The number of furan rings is 1. The summed E-state index contributed by atoms with van der Waals surface area (Å²) in [5.41, 5.74) is 10.5. The number of para-hydroxylation sites is 1. The van der Waals surface area contributed by atoms with Crippen molar-refractivity contribution in [3.63, 3.8) is 0 Å². The van der Waals surface area contributed by atoms with Crippen molar-refractivity contribution >= 4 is 81.3 Å². The molecule has 1 aliphatic carbocycles. The third kappa shape index (κ3) is 3.58. The van der Waals surface area contributed by atoms with E-state index < -0.39 is 0 Å². The molecule has 0 spiro atoms. The highest BCUT2D eigenvalue weighted by atomic mass is 32.1. The summed E-state index contributed by atoms with van der Waals surface area (Å²) in [6.45, 7) is 4.67. The average Bonchev–Trinajstić information content (AvgIpc) is 3.73. The Morgan fingerprint density at radius 3 is 2.09 bits per heavy atom. The third-order valence-corrected chi connectivity index (χ3v) is 11.2. The standard InChI is InChI=1S/C43H29NOS/c1-43(2)36-12-6-3-9-31(36)35-24-28(18-21-37(35)43)44(29-17-20-33-32-10-4-7-13-38(32)45-39(33)25-29)27-16-19-30-26(23-27)15-22-41-42(30)34-11-5-8-14-40(34)46-41/h3-25H,1-2H3. The maximum Gasteiger partial charge on any atom is 0.137 e. The summed E-state index contributed by atoms with van der Waals surface area (Å²) in [5.74, 6) is 0. The Morgan fingerprint density at radius 2 is 1.17 bits per heavy atom. The topological polar surface area (TPSA) is 16.4 Å². The van der Waals surface area contributed by atoms with Gasteiger partial charge in [-0.15, -0.1) is 11.3 Å². The van der Waals surface area contributed by atoms with Gasteiger partial charge in [-0.2, -0.15) is 0 Å². The van der Waals surface area contributed by atoms with E-state index in [9.17, 15) is 0 Å². The lowest BCUT2D eigenvalue weighted by atomic mass is 9.82. The van der Waals surface area contributed by atoms with Crippen LogP contribution in [0.2, 0.25) is 0 Å². The molecule has 0 saturated carbocycles. The SMILES string of the molecule is CC1(C)c2ccccc2-c2cc(N(c3ccc4c(ccc5sc6ccccc6c54)c3)c3ccc4c(c3)oc3ccccc34)ccc21. The van der Waals surface area contributed by atoms with Gasteiger partial charge in [-0.05, 0) is 87.6 Å². The van der Waals surface area contributed by atoms with Gasteiger partial charge >= 0.3 is 0 Å². The monoisotopic (exact) mass is 607 g/mol. The molecule has 0 atom stereocenters. The number of thiophene rings is 1. The van der Waals surface area contributed by atoms with Crippen LogP contribution in [-0.2, 0) is 5.41 Å². The summed E-state index contributed by atoms with van der Waals surface area (Å²) in [4.78, 5) is 2.39. The molecule has 2 aromatic heterocycles. The van der Waals surface area contributed by atoms with E-state index in [-0.39, 0.29) is 5.41 Å². The largest absolute Gasteiger partial charge is 0.456 e. The van der Waals surface area contributed by atoms with Crippen molar-refractivity contribution in [2.45, 2.75) is 19.3 Å². The molecule has 0 unspecified atom stereocenters. The first kappa shape index (κ1) is 25.9. The number of rotatable bonds is 3. The fraction of sp³-hybridized carbons (Fsp3) is 0.0698. The van der Waals surface area contributed by atoms with E-state index in [4.69, 9.17) is 4.42 Å². The molecule has 7 aromatic carbocycles. The molecular weight excluding hydrogens is 579 g/mol. The molecule has 0 saturated heterocycles.